The van der Waals surface area contributed by atoms with E-state index in [1.54, 1.807) is 0 Å². The van der Waals surface area contributed by atoms with Crippen LogP contribution in [0, 0.1) is 0 Å². The minimum atomic E-state index is -2.24. The van der Waals surface area contributed by atoms with Crippen molar-refractivity contribution in [3.05, 3.63) is 11.8 Å². The molecule has 0 aromatic carbocycles. The van der Waals surface area contributed by atoms with Crippen LogP contribution >= 0.6 is 0 Å². The number of aromatic nitrogens is 2. The Kier molecular flexibility index (Phi) is 2.79. The number of nitrogens with zero attached hydrogens (tertiary/aromatic N) is 2. The first-order valence-electron chi connectivity index (χ1n) is 3.29. The van der Waals surface area contributed by atoms with Gasteiger partial charge in [-0.05, 0) is 0 Å². The van der Waals surface area contributed by atoms with E-state index in [0.717, 1.165) is 4.68 Å². The quantitative estimate of drug-likeness (QED) is 0.532. The predicted molar refractivity (Wildman–Crippen MR) is 43.6 cm³/mol. The molecule has 13 heavy (non-hydrogen) atoms. The summed E-state index contributed by atoms with van der Waals surface area (Å²) in [6.07, 6.45) is 1.19. The Labute approximate surface area is 76.8 Å². The molecular weight excluding hydrogens is 196 g/mol. The number of carbonyl (C=O) groups is 1. The van der Waals surface area contributed by atoms with Crippen LogP contribution < -0.4 is 0 Å². The highest BCUT2D eigenvalue weighted by molar-refractivity contribution is 7.79. The molecule has 0 amide bonds. The molecule has 0 aliphatic rings. The van der Waals surface area contributed by atoms with E-state index in [9.17, 15) is 9.00 Å². The topological polar surface area (TPSA) is 81.4 Å². The fraction of sp³-hybridized carbons (Fsp3) is 0.333. The summed E-state index contributed by atoms with van der Waals surface area (Å²) in [4.78, 5) is 11.0. The van der Waals surface area contributed by atoms with Crippen LogP contribution in [0.25, 0.3) is 0 Å². The van der Waals surface area contributed by atoms with E-state index in [4.69, 9.17) is 4.55 Å². The fourth-order valence-electron chi connectivity index (χ4n) is 0.883. The highest BCUT2D eigenvalue weighted by Gasteiger charge is 2.20. The van der Waals surface area contributed by atoms with Crippen LogP contribution in [-0.4, -0.2) is 31.6 Å². The average Bonchev–Trinajstić information content (AvgIpc) is 2.45. The Balaban J connectivity index is 3.22. The van der Waals surface area contributed by atoms with Crippen molar-refractivity contribution in [2.24, 2.45) is 7.05 Å². The van der Waals surface area contributed by atoms with E-state index in [2.05, 4.69) is 9.84 Å². The molecule has 0 aliphatic heterocycles. The second kappa shape index (κ2) is 3.67. The molecule has 1 unspecified atom stereocenters. The van der Waals surface area contributed by atoms with E-state index < -0.39 is 17.0 Å². The Morgan fingerprint density at radius 1 is 1.77 bits per heavy atom. The van der Waals surface area contributed by atoms with Gasteiger partial charge >= 0.3 is 5.97 Å². The first-order chi connectivity index (χ1) is 6.07. The SMILES string of the molecule is COC(=O)c1cnn(C)c1S(=O)O. The summed E-state index contributed by atoms with van der Waals surface area (Å²) >= 11 is -2.24. The number of ether oxygens (including phenoxy) is 1. The van der Waals surface area contributed by atoms with Crippen LogP contribution in [0.3, 0.4) is 0 Å². The highest BCUT2D eigenvalue weighted by atomic mass is 32.2. The van der Waals surface area contributed by atoms with Crippen molar-refractivity contribution >= 4 is 17.0 Å². The molecule has 0 saturated carbocycles. The molecule has 72 valence electrons. The largest absolute Gasteiger partial charge is 0.465 e. The Hall–Kier alpha value is -1.21. The third-order valence-electron chi connectivity index (χ3n) is 1.46. The molecule has 0 bridgehead atoms. The van der Waals surface area contributed by atoms with Crippen LogP contribution in [0.5, 0.6) is 0 Å². The number of carbonyl (C=O) groups excluding carboxylic acids is 1. The zero-order chi connectivity index (χ0) is 10.0. The molecule has 1 aromatic rings. The molecule has 0 fully saturated rings. The van der Waals surface area contributed by atoms with E-state index in [1.165, 1.54) is 20.4 Å². The van der Waals surface area contributed by atoms with Gasteiger partial charge in [0, 0.05) is 7.05 Å². The van der Waals surface area contributed by atoms with Gasteiger partial charge in [0.05, 0.1) is 13.3 Å². The summed E-state index contributed by atoms with van der Waals surface area (Å²) in [5.74, 6) is -0.675. The van der Waals surface area contributed by atoms with Gasteiger partial charge in [-0.1, -0.05) is 0 Å². The predicted octanol–water partition coefficient (Wildman–Crippen LogP) is -0.213. The van der Waals surface area contributed by atoms with E-state index in [-0.39, 0.29) is 10.6 Å². The van der Waals surface area contributed by atoms with Crippen molar-refractivity contribution in [2.45, 2.75) is 5.03 Å². The van der Waals surface area contributed by atoms with Crippen molar-refractivity contribution in [3.63, 3.8) is 0 Å². The molecule has 0 radical (unpaired) electrons. The number of rotatable bonds is 2. The maximum atomic E-state index is 11.0. The lowest BCUT2D eigenvalue weighted by Gasteiger charge is -1.98. The summed E-state index contributed by atoms with van der Waals surface area (Å²) in [5, 5.41) is 3.61. The van der Waals surface area contributed by atoms with E-state index in [0.29, 0.717) is 0 Å². The normalized spacial score (nSPS) is 12.5. The zero-order valence-corrected chi connectivity index (χ0v) is 7.87. The average molecular weight is 204 g/mol. The van der Waals surface area contributed by atoms with Gasteiger partial charge in [0.1, 0.15) is 5.56 Å². The highest BCUT2D eigenvalue weighted by Crippen LogP contribution is 2.11. The molecule has 1 atom stereocenters. The summed E-state index contributed by atoms with van der Waals surface area (Å²) in [6.45, 7) is 0. The van der Waals surface area contributed by atoms with Crippen LogP contribution in [0.4, 0.5) is 0 Å². The minimum absolute atomic E-state index is 0.00540. The van der Waals surface area contributed by atoms with Crippen LogP contribution in [0.15, 0.2) is 11.2 Å². The maximum Gasteiger partial charge on any atom is 0.342 e. The number of hydrogen-bond donors (Lipinski definition) is 1. The Bertz CT molecular complexity index is 360. The third-order valence-corrected chi connectivity index (χ3v) is 2.27. The van der Waals surface area contributed by atoms with Crippen molar-refractivity contribution < 1.29 is 18.3 Å². The monoisotopic (exact) mass is 204 g/mol. The van der Waals surface area contributed by atoms with Crippen LogP contribution in [0.1, 0.15) is 10.4 Å². The maximum absolute atomic E-state index is 11.0. The van der Waals surface area contributed by atoms with Gasteiger partial charge in [-0.15, -0.1) is 0 Å². The van der Waals surface area contributed by atoms with Crippen molar-refractivity contribution in [1.82, 2.24) is 9.78 Å². The van der Waals surface area contributed by atoms with Gasteiger partial charge in [-0.25, -0.2) is 9.00 Å². The molecule has 1 N–H and O–H groups in total. The zero-order valence-electron chi connectivity index (χ0n) is 7.05. The molecule has 1 aromatic heterocycles. The summed E-state index contributed by atoms with van der Waals surface area (Å²) in [7, 11) is 2.66. The molecule has 0 aliphatic carbocycles. The van der Waals surface area contributed by atoms with E-state index in [1.807, 2.05) is 0 Å². The fourth-order valence-corrected chi connectivity index (χ4v) is 1.48. The third kappa shape index (κ3) is 1.76. The Morgan fingerprint density at radius 3 is 2.85 bits per heavy atom. The summed E-state index contributed by atoms with van der Waals surface area (Å²) in [6, 6.07) is 0. The van der Waals surface area contributed by atoms with Gasteiger partial charge in [0.25, 0.3) is 0 Å². The first kappa shape index (κ1) is 9.87. The standard InChI is InChI=1S/C6H8N2O4S/c1-8-5(13(10)11)4(3-7-8)6(9)12-2/h3H,1-2H3,(H,10,11). The smallest absolute Gasteiger partial charge is 0.342 e. The lowest BCUT2D eigenvalue weighted by Crippen LogP contribution is -2.07. The molecule has 0 spiro atoms. The molecule has 1 heterocycles. The van der Waals surface area contributed by atoms with Gasteiger partial charge < -0.3 is 9.29 Å². The lowest BCUT2D eigenvalue weighted by atomic mass is 10.4. The second-order valence-electron chi connectivity index (χ2n) is 2.23. The molecule has 7 heteroatoms. The number of esters is 1. The van der Waals surface area contributed by atoms with Gasteiger partial charge in [0.15, 0.2) is 5.03 Å². The number of hydrogen-bond acceptors (Lipinski definition) is 4. The van der Waals surface area contributed by atoms with Gasteiger partial charge in [0.2, 0.25) is 11.1 Å². The van der Waals surface area contributed by atoms with E-state index >= 15 is 0 Å². The van der Waals surface area contributed by atoms with Gasteiger partial charge in [-0.2, -0.15) is 5.10 Å². The van der Waals surface area contributed by atoms with Crippen LogP contribution in [-0.2, 0) is 22.9 Å². The molecule has 6 nitrogen and oxygen atoms in total. The minimum Gasteiger partial charge on any atom is -0.465 e. The second-order valence-corrected chi connectivity index (χ2v) is 3.11. The van der Waals surface area contributed by atoms with Crippen molar-refractivity contribution in [2.75, 3.05) is 7.11 Å². The summed E-state index contributed by atoms with van der Waals surface area (Å²) in [5.41, 5.74) is 0.00540. The molecule has 1 rings (SSSR count). The number of aryl methyl sites for hydroxylation is 1. The van der Waals surface area contributed by atoms with Crippen LogP contribution in [0.2, 0.25) is 0 Å². The number of methoxy groups -OCH3 is 1. The lowest BCUT2D eigenvalue weighted by molar-refractivity contribution is 0.0596. The van der Waals surface area contributed by atoms with Gasteiger partial charge in [-0.3, -0.25) is 4.68 Å². The molecule has 0 saturated heterocycles. The first-order valence-corrected chi connectivity index (χ1v) is 4.39. The Morgan fingerprint density at radius 2 is 2.38 bits per heavy atom. The molecular formula is C6H8N2O4S. The van der Waals surface area contributed by atoms with Crippen molar-refractivity contribution in [1.29, 1.82) is 0 Å². The van der Waals surface area contributed by atoms with Crippen molar-refractivity contribution in [3.8, 4) is 0 Å². The summed E-state index contributed by atoms with van der Waals surface area (Å²) < 4.78 is 25.1.